The second-order valence-corrected chi connectivity index (χ2v) is 4.77. The molecule has 0 aromatic heterocycles. The van der Waals surface area contributed by atoms with Crippen LogP contribution in [0.25, 0.3) is 0 Å². The fraction of sp³-hybridized carbons (Fsp3) is 0.562. The highest BCUT2D eigenvalue weighted by Crippen LogP contribution is 2.16. The highest BCUT2D eigenvalue weighted by Gasteiger charge is 2.12. The average molecular weight is 264 g/mol. The zero-order valence-corrected chi connectivity index (χ0v) is 12.1. The van der Waals surface area contributed by atoms with E-state index in [1.165, 1.54) is 0 Å². The van der Waals surface area contributed by atoms with Gasteiger partial charge in [0.15, 0.2) is 0 Å². The third kappa shape index (κ3) is 5.33. The van der Waals surface area contributed by atoms with E-state index in [-0.39, 0.29) is 5.97 Å². The molecule has 0 bridgehead atoms. The number of hydrogen-bond donors (Lipinski definition) is 0. The van der Waals surface area contributed by atoms with Crippen LogP contribution in [0.5, 0.6) is 5.75 Å². The Morgan fingerprint density at radius 1 is 1.21 bits per heavy atom. The van der Waals surface area contributed by atoms with Gasteiger partial charge in [0.25, 0.3) is 0 Å². The molecule has 1 rings (SSSR count). The van der Waals surface area contributed by atoms with Crippen molar-refractivity contribution in [3.05, 3.63) is 29.8 Å². The quantitative estimate of drug-likeness (QED) is 0.664. The Hall–Kier alpha value is -1.51. The lowest BCUT2D eigenvalue weighted by Crippen LogP contribution is -2.14. The van der Waals surface area contributed by atoms with Gasteiger partial charge < -0.3 is 9.47 Å². The van der Waals surface area contributed by atoms with Gasteiger partial charge in [-0.05, 0) is 37.0 Å². The lowest BCUT2D eigenvalue weighted by Gasteiger charge is -2.15. The molecular formula is C16H24O3. The van der Waals surface area contributed by atoms with Crippen LogP contribution in [0, 0.1) is 5.92 Å². The maximum Gasteiger partial charge on any atom is 0.338 e. The maximum absolute atomic E-state index is 11.9. The van der Waals surface area contributed by atoms with Crippen molar-refractivity contribution < 1.29 is 14.3 Å². The molecule has 0 heterocycles. The monoisotopic (exact) mass is 264 g/mol. The van der Waals surface area contributed by atoms with E-state index < -0.39 is 0 Å². The molecule has 0 unspecified atom stereocenters. The molecule has 0 spiro atoms. The number of rotatable bonds is 8. The lowest BCUT2D eigenvalue weighted by molar-refractivity contribution is 0.0424. The van der Waals surface area contributed by atoms with Crippen molar-refractivity contribution in [2.45, 2.75) is 39.5 Å². The number of methoxy groups -OCH3 is 1. The fourth-order valence-corrected chi connectivity index (χ4v) is 2.15. The van der Waals surface area contributed by atoms with Gasteiger partial charge in [0.1, 0.15) is 5.75 Å². The smallest absolute Gasteiger partial charge is 0.338 e. The molecule has 1 aromatic rings. The van der Waals surface area contributed by atoms with Crippen molar-refractivity contribution in [2.24, 2.45) is 5.92 Å². The van der Waals surface area contributed by atoms with Crippen molar-refractivity contribution in [2.75, 3.05) is 13.7 Å². The van der Waals surface area contributed by atoms with Gasteiger partial charge in [-0.3, -0.25) is 0 Å². The zero-order valence-electron chi connectivity index (χ0n) is 12.1. The number of carbonyl (C=O) groups is 1. The SMILES string of the molecule is CCCC(CCC)COC(=O)c1cccc(OC)c1. The van der Waals surface area contributed by atoms with Crippen molar-refractivity contribution in [3.63, 3.8) is 0 Å². The van der Waals surface area contributed by atoms with Gasteiger partial charge >= 0.3 is 5.97 Å². The first-order valence-corrected chi connectivity index (χ1v) is 7.02. The Labute approximate surface area is 115 Å². The van der Waals surface area contributed by atoms with Crippen LogP contribution in [0.15, 0.2) is 24.3 Å². The fourth-order valence-electron chi connectivity index (χ4n) is 2.15. The van der Waals surface area contributed by atoms with E-state index in [9.17, 15) is 4.79 Å². The molecule has 0 atom stereocenters. The van der Waals surface area contributed by atoms with Gasteiger partial charge in [0, 0.05) is 0 Å². The largest absolute Gasteiger partial charge is 0.497 e. The van der Waals surface area contributed by atoms with Gasteiger partial charge in [-0.1, -0.05) is 32.8 Å². The predicted octanol–water partition coefficient (Wildman–Crippen LogP) is 4.07. The van der Waals surface area contributed by atoms with Crippen LogP contribution in [0.2, 0.25) is 0 Å². The first-order valence-electron chi connectivity index (χ1n) is 7.02. The molecule has 0 saturated heterocycles. The molecule has 0 N–H and O–H groups in total. The highest BCUT2D eigenvalue weighted by atomic mass is 16.5. The summed E-state index contributed by atoms with van der Waals surface area (Å²) in [6.07, 6.45) is 4.47. The van der Waals surface area contributed by atoms with Gasteiger partial charge in [0.2, 0.25) is 0 Å². The van der Waals surface area contributed by atoms with Gasteiger partial charge in [-0.2, -0.15) is 0 Å². The molecule has 0 aliphatic rings. The minimum atomic E-state index is -0.267. The Kier molecular flexibility index (Phi) is 7.01. The maximum atomic E-state index is 11.9. The predicted molar refractivity (Wildman–Crippen MR) is 76.6 cm³/mol. The summed E-state index contributed by atoms with van der Waals surface area (Å²) < 4.78 is 10.5. The first-order chi connectivity index (χ1) is 9.21. The molecule has 0 amide bonds. The third-order valence-electron chi connectivity index (χ3n) is 3.15. The second-order valence-electron chi connectivity index (χ2n) is 4.77. The minimum absolute atomic E-state index is 0.267. The average Bonchev–Trinajstić information content (AvgIpc) is 2.45. The number of ether oxygens (including phenoxy) is 2. The van der Waals surface area contributed by atoms with Gasteiger partial charge in [-0.25, -0.2) is 4.79 Å². The molecule has 0 aliphatic heterocycles. The third-order valence-corrected chi connectivity index (χ3v) is 3.15. The normalized spacial score (nSPS) is 10.5. The molecule has 0 radical (unpaired) electrons. The Balaban J connectivity index is 2.53. The van der Waals surface area contributed by atoms with Crippen LogP contribution in [0.4, 0.5) is 0 Å². The lowest BCUT2D eigenvalue weighted by atomic mass is 9.99. The second kappa shape index (κ2) is 8.57. The van der Waals surface area contributed by atoms with E-state index in [2.05, 4.69) is 13.8 Å². The number of benzene rings is 1. The van der Waals surface area contributed by atoms with Crippen molar-refractivity contribution in [1.29, 1.82) is 0 Å². The molecule has 0 fully saturated rings. The number of hydrogen-bond acceptors (Lipinski definition) is 3. The van der Waals surface area contributed by atoms with E-state index in [4.69, 9.17) is 9.47 Å². The summed E-state index contributed by atoms with van der Waals surface area (Å²) in [5, 5.41) is 0. The summed E-state index contributed by atoms with van der Waals surface area (Å²) in [6, 6.07) is 7.06. The molecule has 0 aliphatic carbocycles. The topological polar surface area (TPSA) is 35.5 Å². The van der Waals surface area contributed by atoms with Crippen LogP contribution in [0.1, 0.15) is 49.9 Å². The standard InChI is InChI=1S/C16H24O3/c1-4-7-13(8-5-2)12-19-16(17)14-9-6-10-15(11-14)18-3/h6,9-11,13H,4-5,7-8,12H2,1-3H3. The van der Waals surface area contributed by atoms with Gasteiger partial charge in [0.05, 0.1) is 19.3 Å². The Morgan fingerprint density at radius 3 is 2.47 bits per heavy atom. The van der Waals surface area contributed by atoms with Crippen LogP contribution in [-0.2, 0) is 4.74 Å². The highest BCUT2D eigenvalue weighted by molar-refractivity contribution is 5.89. The molecule has 3 heteroatoms. The van der Waals surface area contributed by atoms with Crippen LogP contribution in [0.3, 0.4) is 0 Å². The number of esters is 1. The summed E-state index contributed by atoms with van der Waals surface area (Å²) in [7, 11) is 1.59. The molecule has 0 saturated carbocycles. The van der Waals surface area contributed by atoms with Gasteiger partial charge in [-0.15, -0.1) is 0 Å². The van der Waals surface area contributed by atoms with Crippen LogP contribution >= 0.6 is 0 Å². The van der Waals surface area contributed by atoms with Crippen molar-refractivity contribution >= 4 is 5.97 Å². The Bertz CT molecular complexity index is 381. The summed E-state index contributed by atoms with van der Waals surface area (Å²) >= 11 is 0. The molecule has 106 valence electrons. The molecule has 3 nitrogen and oxygen atoms in total. The van der Waals surface area contributed by atoms with E-state index in [1.54, 1.807) is 25.3 Å². The van der Waals surface area contributed by atoms with Crippen LogP contribution in [-0.4, -0.2) is 19.7 Å². The first kappa shape index (κ1) is 15.5. The molecule has 1 aromatic carbocycles. The van der Waals surface area contributed by atoms with E-state index in [1.807, 2.05) is 6.07 Å². The summed E-state index contributed by atoms with van der Waals surface area (Å²) in [5.41, 5.74) is 0.547. The molecule has 19 heavy (non-hydrogen) atoms. The Morgan fingerprint density at radius 2 is 1.89 bits per heavy atom. The van der Waals surface area contributed by atoms with E-state index in [0.717, 1.165) is 25.7 Å². The van der Waals surface area contributed by atoms with Crippen molar-refractivity contribution in [3.8, 4) is 5.75 Å². The molecular weight excluding hydrogens is 240 g/mol. The number of carbonyl (C=O) groups excluding carboxylic acids is 1. The zero-order chi connectivity index (χ0) is 14.1. The van der Waals surface area contributed by atoms with E-state index >= 15 is 0 Å². The minimum Gasteiger partial charge on any atom is -0.497 e. The van der Waals surface area contributed by atoms with E-state index in [0.29, 0.717) is 23.8 Å². The van der Waals surface area contributed by atoms with Crippen LogP contribution < -0.4 is 4.74 Å². The van der Waals surface area contributed by atoms with Crippen molar-refractivity contribution in [1.82, 2.24) is 0 Å². The summed E-state index contributed by atoms with van der Waals surface area (Å²) in [4.78, 5) is 11.9. The summed E-state index contributed by atoms with van der Waals surface area (Å²) in [6.45, 7) is 4.83. The summed E-state index contributed by atoms with van der Waals surface area (Å²) in [5.74, 6) is 0.883.